The summed E-state index contributed by atoms with van der Waals surface area (Å²) >= 11 is 1.87. The zero-order chi connectivity index (χ0) is 17.6. The number of carbonyl (C=O) groups is 3. The second-order valence-electron chi connectivity index (χ2n) is 6.11. The maximum absolute atomic E-state index is 11.8. The van der Waals surface area contributed by atoms with Crippen molar-refractivity contribution in [3.05, 3.63) is 30.1 Å². The molecule has 4 N–H and O–H groups in total. The second kappa shape index (κ2) is 8.19. The summed E-state index contributed by atoms with van der Waals surface area (Å²) < 4.78 is 0. The minimum atomic E-state index is -0.367. The molecule has 0 radical (unpaired) electrons. The first-order chi connectivity index (χ1) is 12.1. The van der Waals surface area contributed by atoms with Crippen molar-refractivity contribution in [3.8, 4) is 0 Å². The Balaban J connectivity index is 1.29. The van der Waals surface area contributed by atoms with Crippen molar-refractivity contribution < 1.29 is 14.4 Å². The van der Waals surface area contributed by atoms with E-state index in [0.717, 1.165) is 25.0 Å². The van der Waals surface area contributed by atoms with E-state index in [1.807, 2.05) is 11.8 Å². The number of aromatic nitrogens is 1. The number of urea groups is 1. The Labute approximate surface area is 149 Å². The summed E-state index contributed by atoms with van der Waals surface area (Å²) in [6.07, 6.45) is 6.00. The van der Waals surface area contributed by atoms with E-state index in [-0.39, 0.29) is 29.9 Å². The first-order valence-corrected chi connectivity index (χ1v) is 9.36. The van der Waals surface area contributed by atoms with Gasteiger partial charge in [-0.2, -0.15) is 11.8 Å². The molecule has 3 rings (SSSR count). The van der Waals surface area contributed by atoms with Crippen LogP contribution >= 0.6 is 11.8 Å². The third-order valence-corrected chi connectivity index (χ3v) is 5.85. The van der Waals surface area contributed by atoms with Crippen molar-refractivity contribution in [2.24, 2.45) is 0 Å². The fourth-order valence-corrected chi connectivity index (χ4v) is 4.58. The van der Waals surface area contributed by atoms with E-state index in [2.05, 4.69) is 26.5 Å². The van der Waals surface area contributed by atoms with E-state index in [1.165, 1.54) is 12.4 Å². The summed E-state index contributed by atoms with van der Waals surface area (Å²) in [5, 5.41) is 6.28. The highest BCUT2D eigenvalue weighted by atomic mass is 32.2. The number of unbranched alkanes of at least 4 members (excludes halogenated alkanes) is 1. The third kappa shape index (κ3) is 4.62. The van der Waals surface area contributed by atoms with Crippen LogP contribution in [0.3, 0.4) is 0 Å². The predicted octanol–water partition coefficient (Wildman–Crippen LogP) is 0.568. The molecule has 134 valence electrons. The van der Waals surface area contributed by atoms with Gasteiger partial charge in [-0.1, -0.05) is 6.42 Å². The Morgan fingerprint density at radius 2 is 2.00 bits per heavy atom. The van der Waals surface area contributed by atoms with Crippen LogP contribution in [-0.4, -0.2) is 45.9 Å². The van der Waals surface area contributed by atoms with Crippen LogP contribution in [0.25, 0.3) is 0 Å². The van der Waals surface area contributed by atoms with E-state index < -0.39 is 0 Å². The van der Waals surface area contributed by atoms with Crippen LogP contribution in [0.1, 0.15) is 36.0 Å². The van der Waals surface area contributed by atoms with E-state index in [0.29, 0.717) is 17.2 Å². The minimum Gasteiger partial charge on any atom is -0.332 e. The van der Waals surface area contributed by atoms with Gasteiger partial charge in [0.25, 0.3) is 5.91 Å². The van der Waals surface area contributed by atoms with Gasteiger partial charge in [-0.15, -0.1) is 0 Å². The van der Waals surface area contributed by atoms with Crippen LogP contribution < -0.4 is 21.5 Å². The normalized spacial score (nSPS) is 24.2. The summed E-state index contributed by atoms with van der Waals surface area (Å²) in [5.74, 6) is 0.360. The molecule has 2 fully saturated rings. The predicted molar refractivity (Wildman–Crippen MR) is 93.8 cm³/mol. The number of thioether (sulfide) groups is 1. The molecular formula is C16H21N5O3S. The quantitative estimate of drug-likeness (QED) is 0.335. The van der Waals surface area contributed by atoms with Crippen LogP contribution in [0, 0.1) is 0 Å². The Kier molecular flexibility index (Phi) is 5.75. The summed E-state index contributed by atoms with van der Waals surface area (Å²) in [6, 6.07) is 3.50. The summed E-state index contributed by atoms with van der Waals surface area (Å²) in [7, 11) is 0. The summed E-state index contributed by atoms with van der Waals surface area (Å²) in [6.45, 7) is 0. The molecule has 3 heterocycles. The van der Waals surface area contributed by atoms with Gasteiger partial charge in [0.15, 0.2) is 0 Å². The average Bonchev–Trinajstić information content (AvgIpc) is 3.17. The highest BCUT2D eigenvalue weighted by Crippen LogP contribution is 2.33. The minimum absolute atomic E-state index is 0.0791. The Bertz CT molecular complexity index is 642. The maximum atomic E-state index is 11.8. The highest BCUT2D eigenvalue weighted by molar-refractivity contribution is 8.00. The molecule has 0 aliphatic carbocycles. The summed E-state index contributed by atoms with van der Waals surface area (Å²) in [4.78, 5) is 38.7. The van der Waals surface area contributed by atoms with Crippen molar-refractivity contribution in [2.75, 3.05) is 5.75 Å². The maximum Gasteiger partial charge on any atom is 0.315 e. The van der Waals surface area contributed by atoms with Crippen molar-refractivity contribution in [3.63, 3.8) is 0 Å². The highest BCUT2D eigenvalue weighted by Gasteiger charge is 2.42. The first-order valence-electron chi connectivity index (χ1n) is 8.31. The van der Waals surface area contributed by atoms with Crippen molar-refractivity contribution in [2.45, 2.75) is 43.0 Å². The molecule has 2 saturated heterocycles. The fourth-order valence-electron chi connectivity index (χ4n) is 3.04. The standard InChI is InChI=1S/C16H21N5O3S/c22-13(20-21-15(23)10-5-7-17-8-6-10)4-2-1-3-12-14-11(9-25-12)18-16(24)19-14/h5-8,11-12,14H,1-4,9H2,(H,20,22)(H,21,23)(H2,18,19,24)/t11-,12+,14-/m1/s1. The molecule has 8 nitrogen and oxygen atoms in total. The fraction of sp³-hybridized carbons (Fsp3) is 0.500. The number of nitrogens with zero attached hydrogens (tertiary/aromatic N) is 1. The van der Waals surface area contributed by atoms with Gasteiger partial charge < -0.3 is 10.6 Å². The van der Waals surface area contributed by atoms with Crippen LogP contribution in [0.2, 0.25) is 0 Å². The van der Waals surface area contributed by atoms with Gasteiger partial charge in [-0.05, 0) is 25.0 Å². The zero-order valence-corrected chi connectivity index (χ0v) is 14.5. The van der Waals surface area contributed by atoms with Gasteiger partial charge in [0, 0.05) is 35.4 Å². The van der Waals surface area contributed by atoms with E-state index >= 15 is 0 Å². The van der Waals surface area contributed by atoms with E-state index in [1.54, 1.807) is 12.1 Å². The van der Waals surface area contributed by atoms with Crippen molar-refractivity contribution in [1.29, 1.82) is 0 Å². The third-order valence-electron chi connectivity index (χ3n) is 4.34. The second-order valence-corrected chi connectivity index (χ2v) is 7.38. The SMILES string of the molecule is O=C(CCCC[C@@H]1SC[C@H]2NC(=O)N[C@@H]12)NNC(=O)c1ccncc1. The molecule has 2 aliphatic rings. The largest absolute Gasteiger partial charge is 0.332 e. The lowest BCUT2D eigenvalue weighted by Crippen LogP contribution is -2.41. The molecule has 1 aromatic heterocycles. The molecule has 0 aromatic carbocycles. The van der Waals surface area contributed by atoms with Crippen molar-refractivity contribution in [1.82, 2.24) is 26.5 Å². The molecule has 2 aliphatic heterocycles. The Morgan fingerprint density at radius 3 is 2.80 bits per heavy atom. The first kappa shape index (κ1) is 17.5. The number of amides is 4. The summed E-state index contributed by atoms with van der Waals surface area (Å²) in [5.41, 5.74) is 5.25. The van der Waals surface area contributed by atoms with Gasteiger partial charge >= 0.3 is 6.03 Å². The lowest BCUT2D eigenvalue weighted by molar-refractivity contribution is -0.122. The Hall–Kier alpha value is -2.29. The molecule has 4 amide bonds. The molecule has 0 spiro atoms. The molecule has 9 heteroatoms. The van der Waals surface area contributed by atoms with Gasteiger partial charge in [0.05, 0.1) is 12.1 Å². The van der Waals surface area contributed by atoms with Gasteiger partial charge in [-0.3, -0.25) is 25.4 Å². The van der Waals surface area contributed by atoms with Crippen LogP contribution in [0.15, 0.2) is 24.5 Å². The molecule has 0 unspecified atom stereocenters. The number of nitrogens with one attached hydrogen (secondary N) is 4. The van der Waals surface area contributed by atoms with Crippen LogP contribution in [0.5, 0.6) is 0 Å². The van der Waals surface area contributed by atoms with Crippen LogP contribution in [0.4, 0.5) is 4.79 Å². The molecule has 0 bridgehead atoms. The number of rotatable bonds is 6. The number of hydrogen-bond donors (Lipinski definition) is 4. The number of fused-ring (bicyclic) bond motifs is 1. The van der Waals surface area contributed by atoms with Crippen molar-refractivity contribution >= 4 is 29.6 Å². The number of hydrazine groups is 1. The number of hydrogen-bond acceptors (Lipinski definition) is 5. The lowest BCUT2D eigenvalue weighted by Gasteiger charge is -2.16. The smallest absolute Gasteiger partial charge is 0.315 e. The topological polar surface area (TPSA) is 112 Å². The molecule has 0 saturated carbocycles. The van der Waals surface area contributed by atoms with Gasteiger partial charge in [0.2, 0.25) is 5.91 Å². The van der Waals surface area contributed by atoms with Gasteiger partial charge in [-0.25, -0.2) is 4.79 Å². The number of carbonyl (C=O) groups excluding carboxylic acids is 3. The monoisotopic (exact) mass is 363 g/mol. The molecule has 3 atom stereocenters. The zero-order valence-electron chi connectivity index (χ0n) is 13.7. The lowest BCUT2D eigenvalue weighted by atomic mass is 10.0. The van der Waals surface area contributed by atoms with Gasteiger partial charge in [0.1, 0.15) is 0 Å². The average molecular weight is 363 g/mol. The van der Waals surface area contributed by atoms with E-state index in [4.69, 9.17) is 0 Å². The molecule has 1 aromatic rings. The Morgan fingerprint density at radius 1 is 1.20 bits per heavy atom. The number of pyridine rings is 1. The molecular weight excluding hydrogens is 342 g/mol. The van der Waals surface area contributed by atoms with E-state index in [9.17, 15) is 14.4 Å². The molecule has 25 heavy (non-hydrogen) atoms. The van der Waals surface area contributed by atoms with Crippen LogP contribution in [-0.2, 0) is 4.79 Å².